The standard InChI is InChI=1S/C36H43FN2O4/c1-21-8-9-22(2)39(21)20-28-16-26(12-14-29(28)30-18-34(42-4)38-19-31(30)37)32-15-13-24-10-11-27(17-33(24)43-32)35(23(3)36(40)41)25-6-5-7-25/h10-12,14,16-19,21-23,25,32,35H,5-9,13,15,20H2,1-4H3,(H,40,41)/t21-,22-,23+,32?,35?/m1/s1. The fourth-order valence-electron chi connectivity index (χ4n) is 7.45. The van der Waals surface area contributed by atoms with Crippen LogP contribution in [0.1, 0.15) is 93.6 Å². The van der Waals surface area contributed by atoms with Gasteiger partial charge in [0.05, 0.1) is 19.2 Å². The number of carboxylic acids is 1. The lowest BCUT2D eigenvalue weighted by Crippen LogP contribution is -2.32. The van der Waals surface area contributed by atoms with Crippen molar-refractivity contribution in [2.45, 2.75) is 96.4 Å². The number of hydrogen-bond donors (Lipinski definition) is 1. The summed E-state index contributed by atoms with van der Waals surface area (Å²) in [6, 6.07) is 15.2. The number of aliphatic carboxylic acids is 1. The summed E-state index contributed by atoms with van der Waals surface area (Å²) in [6.45, 7) is 7.09. The van der Waals surface area contributed by atoms with Crippen LogP contribution in [0, 0.1) is 17.7 Å². The molecule has 3 aliphatic rings. The number of pyridine rings is 1. The summed E-state index contributed by atoms with van der Waals surface area (Å²) in [5.74, 6) is 0.0720. The zero-order valence-electron chi connectivity index (χ0n) is 25.7. The number of ether oxygens (including phenoxy) is 2. The molecule has 0 spiro atoms. The van der Waals surface area contributed by atoms with Gasteiger partial charge in [-0.25, -0.2) is 9.37 Å². The zero-order chi connectivity index (χ0) is 30.2. The number of fused-ring (bicyclic) bond motifs is 1. The maximum Gasteiger partial charge on any atom is 0.306 e. The third-order valence-electron chi connectivity index (χ3n) is 10.3. The van der Waals surface area contributed by atoms with E-state index in [0.717, 1.165) is 78.6 Å². The van der Waals surface area contributed by atoms with E-state index in [4.69, 9.17) is 9.47 Å². The molecule has 6 nitrogen and oxygen atoms in total. The summed E-state index contributed by atoms with van der Waals surface area (Å²) < 4.78 is 27.2. The van der Waals surface area contributed by atoms with Gasteiger partial charge in [-0.3, -0.25) is 9.69 Å². The van der Waals surface area contributed by atoms with Crippen LogP contribution in [-0.2, 0) is 17.8 Å². The number of halogens is 1. The van der Waals surface area contributed by atoms with Crippen LogP contribution < -0.4 is 9.47 Å². The van der Waals surface area contributed by atoms with E-state index in [-0.39, 0.29) is 17.8 Å². The van der Waals surface area contributed by atoms with E-state index in [0.29, 0.717) is 29.4 Å². The quantitative estimate of drug-likeness (QED) is 0.274. The minimum absolute atomic E-state index is 0.0110. The molecule has 2 aromatic carbocycles. The van der Waals surface area contributed by atoms with Crippen molar-refractivity contribution in [3.05, 3.63) is 76.7 Å². The Kier molecular flexibility index (Phi) is 8.45. The second-order valence-electron chi connectivity index (χ2n) is 12.9. The molecular weight excluding hydrogens is 543 g/mol. The van der Waals surface area contributed by atoms with E-state index in [1.807, 2.05) is 13.0 Å². The number of hydrogen-bond acceptors (Lipinski definition) is 5. The molecule has 0 amide bonds. The maximum absolute atomic E-state index is 15.2. The topological polar surface area (TPSA) is 71.9 Å². The van der Waals surface area contributed by atoms with Gasteiger partial charge in [0.2, 0.25) is 5.88 Å². The molecule has 7 heteroatoms. The van der Waals surface area contributed by atoms with Gasteiger partial charge < -0.3 is 14.6 Å². The molecule has 0 bridgehead atoms. The van der Waals surface area contributed by atoms with Crippen LogP contribution in [0.5, 0.6) is 11.6 Å². The summed E-state index contributed by atoms with van der Waals surface area (Å²) in [5.41, 5.74) is 5.70. The summed E-state index contributed by atoms with van der Waals surface area (Å²) >= 11 is 0. The lowest BCUT2D eigenvalue weighted by atomic mass is 9.68. The first-order valence-corrected chi connectivity index (χ1v) is 15.8. The van der Waals surface area contributed by atoms with E-state index in [1.54, 1.807) is 13.2 Å². The Morgan fingerprint density at radius 1 is 1.07 bits per heavy atom. The van der Waals surface area contributed by atoms with Gasteiger partial charge >= 0.3 is 5.97 Å². The number of carbonyl (C=O) groups is 1. The molecule has 1 saturated heterocycles. The molecule has 6 rings (SSSR count). The minimum Gasteiger partial charge on any atom is -0.485 e. The second-order valence-corrected chi connectivity index (χ2v) is 12.9. The van der Waals surface area contributed by atoms with Crippen LogP contribution in [0.25, 0.3) is 11.1 Å². The van der Waals surface area contributed by atoms with Crippen LogP contribution >= 0.6 is 0 Å². The van der Waals surface area contributed by atoms with Crippen LogP contribution in [-0.4, -0.2) is 40.2 Å². The molecule has 2 aliphatic heterocycles. The average Bonchev–Trinajstić information content (AvgIpc) is 3.30. The van der Waals surface area contributed by atoms with E-state index in [9.17, 15) is 9.90 Å². The van der Waals surface area contributed by atoms with Gasteiger partial charge in [0, 0.05) is 30.3 Å². The molecule has 1 aliphatic carbocycles. The molecule has 3 aromatic rings. The van der Waals surface area contributed by atoms with Crippen molar-refractivity contribution in [3.8, 4) is 22.8 Å². The smallest absolute Gasteiger partial charge is 0.306 e. The van der Waals surface area contributed by atoms with E-state index in [1.165, 1.54) is 12.6 Å². The maximum atomic E-state index is 15.2. The summed E-state index contributed by atoms with van der Waals surface area (Å²) in [7, 11) is 1.54. The first kappa shape index (κ1) is 29.6. The molecule has 2 unspecified atom stereocenters. The molecule has 0 radical (unpaired) electrons. The van der Waals surface area contributed by atoms with Crippen LogP contribution in [0.3, 0.4) is 0 Å². The number of aromatic nitrogens is 1. The first-order chi connectivity index (χ1) is 20.7. The van der Waals surface area contributed by atoms with Gasteiger partial charge in [0.25, 0.3) is 0 Å². The molecule has 5 atom stereocenters. The van der Waals surface area contributed by atoms with Crippen LogP contribution in [0.2, 0.25) is 0 Å². The molecule has 1 aromatic heterocycles. The average molecular weight is 587 g/mol. The van der Waals surface area contributed by atoms with Gasteiger partial charge in [-0.1, -0.05) is 43.7 Å². The van der Waals surface area contributed by atoms with Crippen molar-refractivity contribution in [1.82, 2.24) is 9.88 Å². The molecule has 3 heterocycles. The predicted octanol–water partition coefficient (Wildman–Crippen LogP) is 7.94. The largest absolute Gasteiger partial charge is 0.485 e. The number of aryl methyl sites for hydroxylation is 1. The van der Waals surface area contributed by atoms with Gasteiger partial charge in [0.1, 0.15) is 17.7 Å². The van der Waals surface area contributed by atoms with Crippen molar-refractivity contribution >= 4 is 5.97 Å². The number of benzene rings is 2. The first-order valence-electron chi connectivity index (χ1n) is 15.8. The Hall–Kier alpha value is -3.45. The molecule has 1 saturated carbocycles. The number of likely N-dealkylation sites (tertiary alicyclic amines) is 1. The number of methoxy groups -OCH3 is 1. The zero-order valence-corrected chi connectivity index (χ0v) is 25.7. The lowest BCUT2D eigenvalue weighted by Gasteiger charge is -2.37. The van der Waals surface area contributed by atoms with E-state index >= 15 is 4.39 Å². The molecule has 2 fully saturated rings. The van der Waals surface area contributed by atoms with E-state index < -0.39 is 11.9 Å². The highest BCUT2D eigenvalue weighted by Crippen LogP contribution is 2.46. The second kappa shape index (κ2) is 12.3. The van der Waals surface area contributed by atoms with Crippen LogP contribution in [0.4, 0.5) is 4.39 Å². The minimum atomic E-state index is -0.745. The predicted molar refractivity (Wildman–Crippen MR) is 165 cm³/mol. The fourth-order valence-corrected chi connectivity index (χ4v) is 7.45. The van der Waals surface area contributed by atoms with E-state index in [2.05, 4.69) is 54.1 Å². The van der Waals surface area contributed by atoms with Gasteiger partial charge in [-0.15, -0.1) is 0 Å². The van der Waals surface area contributed by atoms with Gasteiger partial charge in [0.15, 0.2) is 0 Å². The highest BCUT2D eigenvalue weighted by atomic mass is 19.1. The molecular formula is C36H43FN2O4. The van der Waals surface area contributed by atoms with Crippen molar-refractivity contribution in [2.24, 2.45) is 11.8 Å². The Balaban J connectivity index is 1.33. The Labute approximate surface area is 254 Å². The number of carboxylic acid groups (broad SMARTS) is 1. The molecule has 43 heavy (non-hydrogen) atoms. The third kappa shape index (κ3) is 5.88. The SMILES string of the molecule is COc1cc(-c2ccc(C3CCc4ccc(C(C5CCC5)[C@H](C)C(=O)O)cc4O3)cc2CN2[C@H](C)CC[C@H]2C)c(F)cn1. The normalized spacial score (nSPS) is 23.6. The van der Waals surface area contributed by atoms with Crippen molar-refractivity contribution < 1.29 is 23.8 Å². The van der Waals surface area contributed by atoms with Gasteiger partial charge in [-0.05, 0) is 98.1 Å². The van der Waals surface area contributed by atoms with Gasteiger partial charge in [-0.2, -0.15) is 0 Å². The fraction of sp³-hybridized carbons (Fsp3) is 0.500. The van der Waals surface area contributed by atoms with Crippen molar-refractivity contribution in [3.63, 3.8) is 0 Å². The third-order valence-corrected chi connectivity index (χ3v) is 10.3. The number of rotatable bonds is 9. The van der Waals surface area contributed by atoms with Crippen molar-refractivity contribution in [2.75, 3.05) is 7.11 Å². The monoisotopic (exact) mass is 586 g/mol. The Morgan fingerprint density at radius 3 is 2.51 bits per heavy atom. The Morgan fingerprint density at radius 2 is 1.84 bits per heavy atom. The number of nitrogens with zero attached hydrogens (tertiary/aromatic N) is 2. The Bertz CT molecular complexity index is 1480. The summed E-state index contributed by atoms with van der Waals surface area (Å²) in [6.07, 6.45) is 8.45. The summed E-state index contributed by atoms with van der Waals surface area (Å²) in [5, 5.41) is 9.85. The van der Waals surface area contributed by atoms with Crippen LogP contribution in [0.15, 0.2) is 48.7 Å². The summed E-state index contributed by atoms with van der Waals surface area (Å²) in [4.78, 5) is 18.6. The van der Waals surface area contributed by atoms with Crippen molar-refractivity contribution in [1.29, 1.82) is 0 Å². The highest BCUT2D eigenvalue weighted by molar-refractivity contribution is 5.71. The lowest BCUT2D eigenvalue weighted by molar-refractivity contribution is -0.142. The molecule has 228 valence electrons. The molecule has 1 N–H and O–H groups in total. The highest BCUT2D eigenvalue weighted by Gasteiger charge is 2.36.